The Balaban J connectivity index is 1.69. The minimum atomic E-state index is -2.49. The molecule has 1 saturated heterocycles. The number of halogens is 3. The number of hydrogen-bond acceptors (Lipinski definition) is 5. The topological polar surface area (TPSA) is 74.7 Å². The van der Waals surface area contributed by atoms with Gasteiger partial charge >= 0.3 is 0 Å². The van der Waals surface area contributed by atoms with Gasteiger partial charge in [-0.3, -0.25) is 9.69 Å². The SMILES string of the molecule is COC1(C)CN(CCC[C@@](F)(C(=O)NCc2ccc(F)cc2Cl)c2cccnc2O)C1. The van der Waals surface area contributed by atoms with Gasteiger partial charge in [0.2, 0.25) is 11.5 Å². The maximum atomic E-state index is 16.1. The average Bonchev–Trinajstić information content (AvgIpc) is 2.71. The Morgan fingerprint density at radius 1 is 1.42 bits per heavy atom. The van der Waals surface area contributed by atoms with Crippen molar-refractivity contribution in [1.29, 1.82) is 0 Å². The Morgan fingerprint density at radius 3 is 2.81 bits per heavy atom. The van der Waals surface area contributed by atoms with Crippen LogP contribution >= 0.6 is 11.6 Å². The first-order valence-electron chi connectivity index (χ1n) is 10.00. The summed E-state index contributed by atoms with van der Waals surface area (Å²) in [6, 6.07) is 6.57. The van der Waals surface area contributed by atoms with E-state index >= 15 is 4.39 Å². The molecule has 2 heterocycles. The van der Waals surface area contributed by atoms with Gasteiger partial charge in [0.25, 0.3) is 5.91 Å². The largest absolute Gasteiger partial charge is 0.493 e. The van der Waals surface area contributed by atoms with Crippen molar-refractivity contribution in [2.24, 2.45) is 0 Å². The molecule has 0 saturated carbocycles. The second-order valence-electron chi connectivity index (χ2n) is 8.06. The fourth-order valence-electron chi connectivity index (χ4n) is 3.79. The first-order chi connectivity index (χ1) is 14.7. The molecule has 2 aromatic rings. The monoisotopic (exact) mass is 453 g/mol. The number of ether oxygens (including phenoxy) is 1. The Morgan fingerprint density at radius 2 is 2.16 bits per heavy atom. The van der Waals surface area contributed by atoms with Crippen LogP contribution in [0.2, 0.25) is 5.02 Å². The molecule has 31 heavy (non-hydrogen) atoms. The summed E-state index contributed by atoms with van der Waals surface area (Å²) in [5.41, 5.74) is -2.42. The Kier molecular flexibility index (Phi) is 7.13. The van der Waals surface area contributed by atoms with Crippen LogP contribution in [0, 0.1) is 5.82 Å². The molecule has 1 aliphatic heterocycles. The molecule has 0 aliphatic carbocycles. The molecule has 168 valence electrons. The van der Waals surface area contributed by atoms with E-state index in [9.17, 15) is 14.3 Å². The number of nitrogens with zero attached hydrogens (tertiary/aromatic N) is 2. The van der Waals surface area contributed by atoms with Crippen molar-refractivity contribution in [2.45, 2.75) is 37.6 Å². The number of carbonyl (C=O) groups excluding carboxylic acids is 1. The van der Waals surface area contributed by atoms with Crippen LogP contribution in [-0.4, -0.2) is 53.2 Å². The molecule has 1 aromatic carbocycles. The zero-order valence-electron chi connectivity index (χ0n) is 17.5. The van der Waals surface area contributed by atoms with Crippen molar-refractivity contribution in [3.05, 3.63) is 58.5 Å². The molecule has 0 bridgehead atoms. The highest BCUT2D eigenvalue weighted by molar-refractivity contribution is 6.31. The molecule has 1 aliphatic rings. The van der Waals surface area contributed by atoms with Crippen molar-refractivity contribution >= 4 is 17.5 Å². The molecule has 1 fully saturated rings. The number of likely N-dealkylation sites (tertiary alicyclic amines) is 1. The molecule has 6 nitrogen and oxygen atoms in total. The van der Waals surface area contributed by atoms with Gasteiger partial charge in [0.1, 0.15) is 5.82 Å². The second-order valence-corrected chi connectivity index (χ2v) is 8.47. The van der Waals surface area contributed by atoms with Crippen LogP contribution < -0.4 is 5.32 Å². The number of amides is 1. The maximum Gasteiger partial charge on any atom is 0.262 e. The molecular formula is C22H26ClF2N3O3. The number of methoxy groups -OCH3 is 1. The van der Waals surface area contributed by atoms with Crippen molar-refractivity contribution in [3.63, 3.8) is 0 Å². The van der Waals surface area contributed by atoms with Crippen molar-refractivity contribution in [3.8, 4) is 5.88 Å². The fourth-order valence-corrected chi connectivity index (χ4v) is 4.02. The summed E-state index contributed by atoms with van der Waals surface area (Å²) in [4.78, 5) is 18.7. The van der Waals surface area contributed by atoms with Crippen LogP contribution in [-0.2, 0) is 21.7 Å². The average molecular weight is 454 g/mol. The van der Waals surface area contributed by atoms with Gasteiger partial charge in [0.15, 0.2) is 0 Å². The molecule has 0 unspecified atom stereocenters. The predicted octanol–water partition coefficient (Wildman–Crippen LogP) is 3.56. The number of aromatic hydroxyl groups is 1. The third-order valence-electron chi connectivity index (χ3n) is 5.63. The Labute approximate surface area is 185 Å². The van der Waals surface area contributed by atoms with E-state index in [0.29, 0.717) is 18.5 Å². The van der Waals surface area contributed by atoms with Crippen LogP contribution in [0.25, 0.3) is 0 Å². The summed E-state index contributed by atoms with van der Waals surface area (Å²) in [6.07, 6.45) is 1.56. The van der Waals surface area contributed by atoms with Crippen LogP contribution in [0.4, 0.5) is 8.78 Å². The molecule has 1 aromatic heterocycles. The smallest absolute Gasteiger partial charge is 0.262 e. The number of hydrogen-bond donors (Lipinski definition) is 2. The predicted molar refractivity (Wildman–Crippen MR) is 113 cm³/mol. The number of benzene rings is 1. The van der Waals surface area contributed by atoms with Gasteiger partial charge in [-0.05, 0) is 56.1 Å². The number of aromatic nitrogens is 1. The molecule has 3 rings (SSSR count). The minimum absolute atomic E-state index is 0.0804. The molecule has 9 heteroatoms. The summed E-state index contributed by atoms with van der Waals surface area (Å²) >= 11 is 5.99. The van der Waals surface area contributed by atoms with Crippen LogP contribution in [0.15, 0.2) is 36.5 Å². The summed E-state index contributed by atoms with van der Waals surface area (Å²) < 4.78 is 34.7. The van der Waals surface area contributed by atoms with Gasteiger partial charge in [-0.2, -0.15) is 0 Å². The normalized spacial score (nSPS) is 17.6. The van der Waals surface area contributed by atoms with Crippen molar-refractivity contribution < 1.29 is 23.4 Å². The number of rotatable bonds is 9. The summed E-state index contributed by atoms with van der Waals surface area (Å²) in [6.45, 7) is 3.97. The van der Waals surface area contributed by atoms with E-state index in [2.05, 4.69) is 15.2 Å². The van der Waals surface area contributed by atoms with E-state index in [1.165, 1.54) is 30.5 Å². The first kappa shape index (κ1) is 23.4. The lowest BCUT2D eigenvalue weighted by molar-refractivity contribution is -0.135. The lowest BCUT2D eigenvalue weighted by atomic mass is 9.89. The standard InChI is InChI=1S/C22H26ClF2N3O3/c1-21(31-2)13-28(14-21)10-4-8-22(25,17-5-3-9-26-19(17)29)20(30)27-12-15-6-7-16(24)11-18(15)23/h3,5-7,9,11H,4,8,10,12-14H2,1-2H3,(H,26,29)(H,27,30)/t22-/m0/s1. The van der Waals surface area contributed by atoms with E-state index in [1.54, 1.807) is 7.11 Å². The minimum Gasteiger partial charge on any atom is -0.493 e. The van der Waals surface area contributed by atoms with Crippen LogP contribution in [0.3, 0.4) is 0 Å². The number of pyridine rings is 1. The number of carbonyl (C=O) groups is 1. The maximum absolute atomic E-state index is 16.1. The molecular weight excluding hydrogens is 428 g/mol. The molecule has 1 atom stereocenters. The molecule has 0 radical (unpaired) electrons. The molecule has 0 spiro atoms. The zero-order valence-corrected chi connectivity index (χ0v) is 18.3. The third kappa shape index (κ3) is 5.31. The highest BCUT2D eigenvalue weighted by atomic mass is 35.5. The van der Waals surface area contributed by atoms with Crippen LogP contribution in [0.1, 0.15) is 30.9 Å². The van der Waals surface area contributed by atoms with Gasteiger partial charge in [0, 0.05) is 38.0 Å². The van der Waals surface area contributed by atoms with Gasteiger partial charge in [-0.1, -0.05) is 17.7 Å². The van der Waals surface area contributed by atoms with Crippen molar-refractivity contribution in [1.82, 2.24) is 15.2 Å². The summed E-state index contributed by atoms with van der Waals surface area (Å²) in [7, 11) is 1.66. The van der Waals surface area contributed by atoms with Gasteiger partial charge in [-0.25, -0.2) is 13.8 Å². The third-order valence-corrected chi connectivity index (χ3v) is 5.98. The number of alkyl halides is 1. The van der Waals surface area contributed by atoms with Gasteiger partial charge < -0.3 is 15.2 Å². The van der Waals surface area contributed by atoms with Gasteiger partial charge in [0.05, 0.1) is 11.2 Å². The molecule has 2 N–H and O–H groups in total. The second kappa shape index (κ2) is 9.46. The van der Waals surface area contributed by atoms with E-state index in [0.717, 1.165) is 19.2 Å². The van der Waals surface area contributed by atoms with E-state index in [1.807, 2.05) is 6.92 Å². The highest BCUT2D eigenvalue weighted by Gasteiger charge is 2.44. The first-order valence-corrected chi connectivity index (χ1v) is 10.4. The van der Waals surface area contributed by atoms with Crippen molar-refractivity contribution in [2.75, 3.05) is 26.7 Å². The quantitative estimate of drug-likeness (QED) is 0.607. The number of nitrogens with one attached hydrogen (secondary N) is 1. The molecule has 1 amide bonds. The van der Waals surface area contributed by atoms with Gasteiger partial charge in [-0.15, -0.1) is 0 Å². The van der Waals surface area contributed by atoms with Crippen LogP contribution in [0.5, 0.6) is 5.88 Å². The highest BCUT2D eigenvalue weighted by Crippen LogP contribution is 2.37. The summed E-state index contributed by atoms with van der Waals surface area (Å²) in [5.74, 6) is -1.95. The zero-order chi connectivity index (χ0) is 22.6. The fraction of sp³-hybridized carbons (Fsp3) is 0.455. The van der Waals surface area contributed by atoms with E-state index in [4.69, 9.17) is 16.3 Å². The lowest BCUT2D eigenvalue weighted by Gasteiger charge is -2.47. The summed E-state index contributed by atoms with van der Waals surface area (Å²) in [5, 5.41) is 12.8. The Bertz CT molecular complexity index is 940. The Hall–Kier alpha value is -2.29. The van der Waals surface area contributed by atoms with E-state index < -0.39 is 23.3 Å². The van der Waals surface area contributed by atoms with E-state index in [-0.39, 0.29) is 29.2 Å². The lowest BCUT2D eigenvalue weighted by Crippen LogP contribution is -2.61.